The summed E-state index contributed by atoms with van der Waals surface area (Å²) >= 11 is 0. The van der Waals surface area contributed by atoms with Gasteiger partial charge in [0.05, 0.1) is 17.7 Å². The molecular weight excluding hydrogens is 254 g/mol. The minimum absolute atomic E-state index is 0.0787. The maximum absolute atomic E-state index is 12.0. The predicted octanol–water partition coefficient (Wildman–Crippen LogP) is 1.93. The Morgan fingerprint density at radius 2 is 2.05 bits per heavy atom. The maximum Gasteiger partial charge on any atom is 0.255 e. The lowest BCUT2D eigenvalue weighted by Crippen LogP contribution is -2.30. The van der Waals surface area contributed by atoms with Crippen molar-refractivity contribution in [1.29, 1.82) is 10.5 Å². The molecule has 0 bridgehead atoms. The van der Waals surface area contributed by atoms with Crippen LogP contribution in [-0.4, -0.2) is 35.1 Å². The van der Waals surface area contributed by atoms with E-state index in [0.717, 1.165) is 0 Å². The molecule has 0 fully saturated rings. The first-order chi connectivity index (χ1) is 9.65. The fraction of sp³-hybridized carbons (Fsp3) is 0.357. The Balaban J connectivity index is 2.82. The molecule has 0 aliphatic rings. The van der Waals surface area contributed by atoms with Crippen molar-refractivity contribution in [2.75, 3.05) is 13.1 Å². The Labute approximate surface area is 118 Å². The molecule has 0 saturated carbocycles. The number of nitrogens with zero attached hydrogens (tertiary/aromatic N) is 5. The summed E-state index contributed by atoms with van der Waals surface area (Å²) < 4.78 is 0. The van der Waals surface area contributed by atoms with Crippen LogP contribution in [0.2, 0.25) is 0 Å². The minimum Gasteiger partial charge on any atom is -0.339 e. The Kier molecular flexibility index (Phi) is 5.86. The van der Waals surface area contributed by atoms with Crippen molar-refractivity contribution < 1.29 is 4.79 Å². The molecule has 102 valence electrons. The number of hydrogen-bond acceptors (Lipinski definition) is 5. The van der Waals surface area contributed by atoms with Gasteiger partial charge in [-0.2, -0.15) is 10.5 Å². The number of pyridine rings is 1. The molecular formula is C14H15N5O. The zero-order valence-corrected chi connectivity index (χ0v) is 11.4. The number of carbonyl (C=O) groups excluding carboxylic acids is 1. The number of rotatable bonds is 5. The number of aromatic nitrogens is 1. The van der Waals surface area contributed by atoms with E-state index in [2.05, 4.69) is 9.98 Å². The summed E-state index contributed by atoms with van der Waals surface area (Å²) in [5, 5.41) is 17.2. The third-order valence-electron chi connectivity index (χ3n) is 2.68. The van der Waals surface area contributed by atoms with Crippen molar-refractivity contribution in [3.63, 3.8) is 0 Å². The highest BCUT2D eigenvalue weighted by Crippen LogP contribution is 2.10. The molecule has 0 spiro atoms. The van der Waals surface area contributed by atoms with Gasteiger partial charge in [-0.15, -0.1) is 0 Å². The smallest absolute Gasteiger partial charge is 0.255 e. The van der Waals surface area contributed by atoms with Crippen molar-refractivity contribution in [2.45, 2.75) is 13.8 Å². The average Bonchev–Trinajstić information content (AvgIpc) is 2.50. The van der Waals surface area contributed by atoms with Crippen LogP contribution < -0.4 is 0 Å². The number of aliphatic imine (C=N–C) groups is 1. The molecule has 0 atom stereocenters. The Morgan fingerprint density at radius 1 is 1.40 bits per heavy atom. The van der Waals surface area contributed by atoms with E-state index in [-0.39, 0.29) is 5.91 Å². The summed E-state index contributed by atoms with van der Waals surface area (Å²) in [6.07, 6.45) is 2.68. The van der Waals surface area contributed by atoms with E-state index in [1.54, 1.807) is 29.2 Å². The summed E-state index contributed by atoms with van der Waals surface area (Å²) in [6.45, 7) is 5.11. The molecule has 1 aromatic heterocycles. The van der Waals surface area contributed by atoms with Crippen LogP contribution in [0.15, 0.2) is 23.3 Å². The summed E-state index contributed by atoms with van der Waals surface area (Å²) in [6, 6.07) is 6.78. The lowest BCUT2D eigenvalue weighted by Gasteiger charge is -2.18. The van der Waals surface area contributed by atoms with Gasteiger partial charge in [0, 0.05) is 25.5 Å². The van der Waals surface area contributed by atoms with Crippen molar-refractivity contribution in [3.05, 3.63) is 23.9 Å². The topological polar surface area (TPSA) is 93.1 Å². The third kappa shape index (κ3) is 3.89. The lowest BCUT2D eigenvalue weighted by molar-refractivity contribution is 0.0772. The summed E-state index contributed by atoms with van der Waals surface area (Å²) in [5.41, 5.74) is 0.491. The van der Waals surface area contributed by atoms with Crippen LogP contribution in [0.4, 0.5) is 5.82 Å². The van der Waals surface area contributed by atoms with Crippen molar-refractivity contribution in [2.24, 2.45) is 10.9 Å². The molecule has 1 amide bonds. The van der Waals surface area contributed by atoms with Crippen LogP contribution in [0.3, 0.4) is 0 Å². The number of hydrogen-bond donors (Lipinski definition) is 0. The number of amides is 1. The molecule has 0 N–H and O–H groups in total. The van der Waals surface area contributed by atoms with Crippen LogP contribution in [0.1, 0.15) is 24.2 Å². The second kappa shape index (κ2) is 7.65. The van der Waals surface area contributed by atoms with Gasteiger partial charge in [0.2, 0.25) is 0 Å². The van der Waals surface area contributed by atoms with E-state index >= 15 is 0 Å². The molecule has 1 heterocycles. The largest absolute Gasteiger partial charge is 0.339 e. The van der Waals surface area contributed by atoms with Gasteiger partial charge in [-0.05, 0) is 26.0 Å². The van der Waals surface area contributed by atoms with E-state index in [0.29, 0.717) is 24.5 Å². The van der Waals surface area contributed by atoms with Crippen molar-refractivity contribution >= 4 is 17.9 Å². The zero-order chi connectivity index (χ0) is 15.0. The van der Waals surface area contributed by atoms with Crippen LogP contribution in [0, 0.1) is 28.6 Å². The molecule has 6 nitrogen and oxygen atoms in total. The molecule has 1 rings (SSSR count). The summed E-state index contributed by atoms with van der Waals surface area (Å²) in [4.78, 5) is 21.7. The number of nitriles is 2. The highest BCUT2D eigenvalue weighted by Gasteiger charge is 2.12. The Morgan fingerprint density at radius 3 is 2.50 bits per heavy atom. The first-order valence-corrected chi connectivity index (χ1v) is 6.25. The molecule has 0 aromatic carbocycles. The second-order valence-electron chi connectivity index (χ2n) is 3.90. The van der Waals surface area contributed by atoms with Crippen LogP contribution in [0.5, 0.6) is 0 Å². The molecule has 6 heteroatoms. The standard InChI is InChI=1S/C14H15N5O/c1-3-19(4-2)14(20)12-5-6-13(18-10-12)17-9-11(7-15)8-16/h5-6,9-11H,3-4H2,1-2H3. The van der Waals surface area contributed by atoms with Gasteiger partial charge in [-0.25, -0.2) is 9.98 Å². The van der Waals surface area contributed by atoms with Crippen molar-refractivity contribution in [1.82, 2.24) is 9.88 Å². The monoisotopic (exact) mass is 269 g/mol. The minimum atomic E-state index is -0.895. The van der Waals surface area contributed by atoms with E-state index < -0.39 is 5.92 Å². The van der Waals surface area contributed by atoms with E-state index in [9.17, 15) is 4.79 Å². The van der Waals surface area contributed by atoms with Crippen LogP contribution >= 0.6 is 0 Å². The fourth-order valence-electron chi connectivity index (χ4n) is 1.53. The van der Waals surface area contributed by atoms with Crippen LogP contribution in [-0.2, 0) is 0 Å². The highest BCUT2D eigenvalue weighted by molar-refractivity contribution is 5.94. The molecule has 0 aliphatic carbocycles. The average molecular weight is 269 g/mol. The lowest BCUT2D eigenvalue weighted by atomic mass is 10.2. The second-order valence-corrected chi connectivity index (χ2v) is 3.90. The van der Waals surface area contributed by atoms with Gasteiger partial charge in [-0.1, -0.05) is 0 Å². The number of carbonyl (C=O) groups is 1. The van der Waals surface area contributed by atoms with Gasteiger partial charge < -0.3 is 4.90 Å². The SMILES string of the molecule is CCN(CC)C(=O)c1ccc(N=CC(C#N)C#N)nc1. The van der Waals surface area contributed by atoms with E-state index in [1.807, 2.05) is 13.8 Å². The third-order valence-corrected chi connectivity index (χ3v) is 2.68. The van der Waals surface area contributed by atoms with Crippen molar-refractivity contribution in [3.8, 4) is 12.1 Å². The van der Waals surface area contributed by atoms with Crippen LogP contribution in [0.25, 0.3) is 0 Å². The zero-order valence-electron chi connectivity index (χ0n) is 11.4. The van der Waals surface area contributed by atoms with Gasteiger partial charge in [0.25, 0.3) is 5.91 Å². The van der Waals surface area contributed by atoms with E-state index in [1.165, 1.54) is 12.4 Å². The molecule has 0 saturated heterocycles. The summed E-state index contributed by atoms with van der Waals surface area (Å²) in [7, 11) is 0. The Hall–Kier alpha value is -2.73. The first-order valence-electron chi connectivity index (χ1n) is 6.25. The molecule has 0 unspecified atom stereocenters. The van der Waals surface area contributed by atoms with Gasteiger partial charge in [0.1, 0.15) is 0 Å². The maximum atomic E-state index is 12.0. The van der Waals surface area contributed by atoms with Gasteiger partial charge in [0.15, 0.2) is 11.7 Å². The fourth-order valence-corrected chi connectivity index (χ4v) is 1.53. The molecule has 1 aromatic rings. The first kappa shape index (κ1) is 15.3. The molecule has 0 radical (unpaired) electrons. The predicted molar refractivity (Wildman–Crippen MR) is 74.4 cm³/mol. The normalized spacial score (nSPS) is 10.2. The van der Waals surface area contributed by atoms with E-state index in [4.69, 9.17) is 10.5 Å². The highest BCUT2D eigenvalue weighted by atomic mass is 16.2. The van der Waals surface area contributed by atoms with Gasteiger partial charge in [-0.3, -0.25) is 4.79 Å². The summed E-state index contributed by atoms with van der Waals surface area (Å²) in [5.74, 6) is -0.615. The Bertz CT molecular complexity index is 547. The molecule has 0 aliphatic heterocycles. The van der Waals surface area contributed by atoms with Gasteiger partial charge >= 0.3 is 0 Å². The molecule has 20 heavy (non-hydrogen) atoms. The quantitative estimate of drug-likeness (QED) is 0.763.